The van der Waals surface area contributed by atoms with Gasteiger partial charge in [0.1, 0.15) is 5.82 Å². The molecule has 1 aromatic carbocycles. The zero-order valence-corrected chi connectivity index (χ0v) is 8.59. The average Bonchev–Trinajstić information content (AvgIpc) is 2.17. The second-order valence-electron chi connectivity index (χ2n) is 3.23. The predicted molar refractivity (Wildman–Crippen MR) is 54.6 cm³/mol. The molecule has 0 saturated heterocycles. The normalized spacial score (nSPS) is 12.9. The van der Waals surface area contributed by atoms with Gasteiger partial charge >= 0.3 is 0 Å². The van der Waals surface area contributed by atoms with Gasteiger partial charge in [0.2, 0.25) is 0 Å². The molecular weight excluding hydrogens is 181 g/mol. The lowest BCUT2D eigenvalue weighted by atomic mass is 9.99. The molecule has 0 heterocycles. The van der Waals surface area contributed by atoms with Gasteiger partial charge in [-0.05, 0) is 18.1 Å². The van der Waals surface area contributed by atoms with Crippen molar-refractivity contribution in [3.8, 4) is 0 Å². The van der Waals surface area contributed by atoms with Crippen LogP contribution in [-0.2, 0) is 11.2 Å². The molecule has 14 heavy (non-hydrogen) atoms. The van der Waals surface area contributed by atoms with Crippen LogP contribution in [0.1, 0.15) is 24.1 Å². The number of nitrogens with two attached hydrogens (primary N) is 1. The van der Waals surface area contributed by atoms with Crippen molar-refractivity contribution in [3.63, 3.8) is 0 Å². The van der Waals surface area contributed by atoms with Gasteiger partial charge in [-0.2, -0.15) is 0 Å². The topological polar surface area (TPSA) is 35.2 Å². The lowest BCUT2D eigenvalue weighted by Crippen LogP contribution is -2.19. The monoisotopic (exact) mass is 197 g/mol. The largest absolute Gasteiger partial charge is 0.383 e. The van der Waals surface area contributed by atoms with Crippen LogP contribution >= 0.6 is 0 Å². The molecule has 1 aromatic rings. The van der Waals surface area contributed by atoms with E-state index in [1.807, 2.05) is 13.0 Å². The molecule has 0 aromatic heterocycles. The molecule has 1 atom stereocenters. The minimum atomic E-state index is -0.379. The lowest BCUT2D eigenvalue weighted by Gasteiger charge is -2.15. The van der Waals surface area contributed by atoms with Crippen LogP contribution in [0.2, 0.25) is 0 Å². The van der Waals surface area contributed by atoms with Crippen LogP contribution in [-0.4, -0.2) is 13.7 Å². The molecule has 3 heteroatoms. The summed E-state index contributed by atoms with van der Waals surface area (Å²) < 4.78 is 18.4. The van der Waals surface area contributed by atoms with Gasteiger partial charge in [0.25, 0.3) is 0 Å². The lowest BCUT2D eigenvalue weighted by molar-refractivity contribution is 0.179. The molecule has 0 fully saturated rings. The number of rotatable bonds is 4. The van der Waals surface area contributed by atoms with Crippen LogP contribution in [0.4, 0.5) is 4.39 Å². The Morgan fingerprint density at radius 2 is 2.21 bits per heavy atom. The van der Waals surface area contributed by atoms with Crippen molar-refractivity contribution in [1.82, 2.24) is 0 Å². The van der Waals surface area contributed by atoms with E-state index < -0.39 is 0 Å². The number of hydrogen-bond donors (Lipinski definition) is 1. The van der Waals surface area contributed by atoms with Crippen molar-refractivity contribution in [2.24, 2.45) is 5.73 Å². The van der Waals surface area contributed by atoms with Gasteiger partial charge in [-0.25, -0.2) is 4.39 Å². The van der Waals surface area contributed by atoms with Crippen LogP contribution in [0.5, 0.6) is 0 Å². The maximum atomic E-state index is 13.5. The van der Waals surface area contributed by atoms with Gasteiger partial charge in [0, 0.05) is 12.7 Å². The van der Waals surface area contributed by atoms with E-state index in [1.165, 1.54) is 6.07 Å². The van der Waals surface area contributed by atoms with Crippen LogP contribution in [0, 0.1) is 5.82 Å². The van der Waals surface area contributed by atoms with E-state index in [-0.39, 0.29) is 11.9 Å². The fourth-order valence-corrected chi connectivity index (χ4v) is 1.57. The van der Waals surface area contributed by atoms with E-state index in [4.69, 9.17) is 10.5 Å². The summed E-state index contributed by atoms with van der Waals surface area (Å²) in [5.41, 5.74) is 7.35. The minimum absolute atomic E-state index is 0.242. The van der Waals surface area contributed by atoms with E-state index in [0.29, 0.717) is 12.2 Å². The molecule has 0 radical (unpaired) electrons. The predicted octanol–water partition coefficient (Wildman–Crippen LogP) is 2.03. The van der Waals surface area contributed by atoms with E-state index in [0.717, 1.165) is 12.0 Å². The maximum absolute atomic E-state index is 13.5. The molecule has 0 saturated carbocycles. The summed E-state index contributed by atoms with van der Waals surface area (Å²) in [5, 5.41) is 0. The summed E-state index contributed by atoms with van der Waals surface area (Å²) in [6.07, 6.45) is 0.782. The molecule has 0 aliphatic rings. The standard InChI is InChI=1S/C11H16FNO/c1-3-8-5-4-6-9(12)11(8)10(13)7-14-2/h4-6,10H,3,7,13H2,1-2H3. The van der Waals surface area contributed by atoms with Crippen molar-refractivity contribution in [2.75, 3.05) is 13.7 Å². The first-order valence-electron chi connectivity index (χ1n) is 4.72. The van der Waals surface area contributed by atoms with Crippen molar-refractivity contribution >= 4 is 0 Å². The molecular formula is C11H16FNO. The summed E-state index contributed by atoms with van der Waals surface area (Å²) in [4.78, 5) is 0. The zero-order chi connectivity index (χ0) is 10.6. The number of halogens is 1. The zero-order valence-electron chi connectivity index (χ0n) is 8.59. The molecule has 1 rings (SSSR count). The molecule has 0 aliphatic heterocycles. The molecule has 2 N–H and O–H groups in total. The second kappa shape index (κ2) is 5.08. The van der Waals surface area contributed by atoms with Gasteiger partial charge < -0.3 is 10.5 Å². The number of ether oxygens (including phenoxy) is 1. The molecule has 0 bridgehead atoms. The van der Waals surface area contributed by atoms with Gasteiger partial charge in [-0.15, -0.1) is 0 Å². The molecule has 78 valence electrons. The maximum Gasteiger partial charge on any atom is 0.128 e. The van der Waals surface area contributed by atoms with Crippen LogP contribution < -0.4 is 5.73 Å². The summed E-state index contributed by atoms with van der Waals surface area (Å²) in [6.45, 7) is 2.33. The van der Waals surface area contributed by atoms with Gasteiger partial charge in [0.05, 0.1) is 12.6 Å². The Morgan fingerprint density at radius 1 is 1.50 bits per heavy atom. The van der Waals surface area contributed by atoms with E-state index in [9.17, 15) is 4.39 Å². The molecule has 0 spiro atoms. The Kier molecular flexibility index (Phi) is 4.04. The SMILES string of the molecule is CCc1cccc(F)c1C(N)COC. The smallest absolute Gasteiger partial charge is 0.128 e. The first-order valence-corrected chi connectivity index (χ1v) is 4.72. The third-order valence-corrected chi connectivity index (χ3v) is 2.24. The Balaban J connectivity index is 3.03. The highest BCUT2D eigenvalue weighted by molar-refractivity contribution is 5.31. The van der Waals surface area contributed by atoms with Gasteiger partial charge in [-0.3, -0.25) is 0 Å². The fourth-order valence-electron chi connectivity index (χ4n) is 1.57. The van der Waals surface area contributed by atoms with Crippen molar-refractivity contribution < 1.29 is 9.13 Å². The van der Waals surface area contributed by atoms with Gasteiger partial charge in [0.15, 0.2) is 0 Å². The second-order valence-corrected chi connectivity index (χ2v) is 3.23. The molecule has 1 unspecified atom stereocenters. The van der Waals surface area contributed by atoms with Gasteiger partial charge in [-0.1, -0.05) is 19.1 Å². The fraction of sp³-hybridized carbons (Fsp3) is 0.455. The summed E-state index contributed by atoms with van der Waals surface area (Å²) in [6, 6.07) is 4.66. The first-order chi connectivity index (χ1) is 6.70. The van der Waals surface area contributed by atoms with Crippen molar-refractivity contribution in [3.05, 3.63) is 35.1 Å². The Morgan fingerprint density at radius 3 is 2.79 bits per heavy atom. The van der Waals surface area contributed by atoms with Crippen LogP contribution in [0.25, 0.3) is 0 Å². The quantitative estimate of drug-likeness (QED) is 0.801. The third-order valence-electron chi connectivity index (χ3n) is 2.24. The van der Waals surface area contributed by atoms with E-state index in [1.54, 1.807) is 13.2 Å². The van der Waals surface area contributed by atoms with Crippen LogP contribution in [0.15, 0.2) is 18.2 Å². The molecule has 0 aliphatic carbocycles. The Bertz CT molecular complexity index is 301. The number of methoxy groups -OCH3 is 1. The summed E-state index contributed by atoms with van der Waals surface area (Å²) >= 11 is 0. The highest BCUT2D eigenvalue weighted by Gasteiger charge is 2.14. The first kappa shape index (κ1) is 11.1. The average molecular weight is 197 g/mol. The third kappa shape index (κ3) is 2.30. The van der Waals surface area contributed by atoms with E-state index in [2.05, 4.69) is 0 Å². The number of aryl methyl sites for hydroxylation is 1. The number of hydrogen-bond acceptors (Lipinski definition) is 2. The Labute approximate surface area is 83.9 Å². The van der Waals surface area contributed by atoms with Crippen molar-refractivity contribution in [1.29, 1.82) is 0 Å². The van der Waals surface area contributed by atoms with E-state index >= 15 is 0 Å². The van der Waals surface area contributed by atoms with Crippen LogP contribution in [0.3, 0.4) is 0 Å². The minimum Gasteiger partial charge on any atom is -0.383 e. The summed E-state index contributed by atoms with van der Waals surface area (Å²) in [7, 11) is 1.56. The number of benzene rings is 1. The highest BCUT2D eigenvalue weighted by atomic mass is 19.1. The van der Waals surface area contributed by atoms with Crippen molar-refractivity contribution in [2.45, 2.75) is 19.4 Å². The molecule has 2 nitrogen and oxygen atoms in total. The summed E-state index contributed by atoms with van der Waals surface area (Å²) in [5.74, 6) is -0.242. The Hall–Kier alpha value is -0.930. The highest BCUT2D eigenvalue weighted by Crippen LogP contribution is 2.20. The molecule has 0 amide bonds.